The van der Waals surface area contributed by atoms with Crippen LogP contribution in [0.2, 0.25) is 0 Å². The summed E-state index contributed by atoms with van der Waals surface area (Å²) in [4.78, 5) is 28.9. The van der Waals surface area contributed by atoms with Crippen LogP contribution in [0.4, 0.5) is 4.79 Å². The third-order valence-corrected chi connectivity index (χ3v) is 6.00. The lowest BCUT2D eigenvalue weighted by Gasteiger charge is -2.23. The Balaban J connectivity index is 1.55. The van der Waals surface area contributed by atoms with Crippen molar-refractivity contribution in [1.29, 1.82) is 0 Å². The lowest BCUT2D eigenvalue weighted by molar-refractivity contribution is -0.119. The van der Waals surface area contributed by atoms with E-state index in [4.69, 9.17) is 0 Å². The highest BCUT2D eigenvalue weighted by molar-refractivity contribution is 8.00. The Morgan fingerprint density at radius 1 is 1.19 bits per heavy atom. The molecule has 7 heteroatoms. The Labute approximate surface area is 164 Å². The van der Waals surface area contributed by atoms with Gasteiger partial charge in [-0.05, 0) is 25.3 Å². The molecule has 1 aromatic heterocycles. The summed E-state index contributed by atoms with van der Waals surface area (Å²) < 4.78 is 1.96. The molecule has 1 aliphatic carbocycles. The fraction of sp³-hybridized carbons (Fsp3) is 0.450. The topological polar surface area (TPSA) is 76.0 Å². The first kappa shape index (κ1) is 19.5. The number of thioether (sulfide) groups is 1. The Morgan fingerprint density at radius 3 is 2.59 bits per heavy atom. The SMILES string of the molecule is C[C@H](Sc1ncc(-c2ccccc2)n1C)C(=O)NC(=O)NC1CCCCC1. The number of carbonyl (C=O) groups excluding carboxylic acids is 2. The van der Waals surface area contributed by atoms with Crippen LogP contribution < -0.4 is 10.6 Å². The molecule has 0 saturated heterocycles. The van der Waals surface area contributed by atoms with Crippen molar-refractivity contribution in [1.82, 2.24) is 20.2 Å². The molecule has 1 atom stereocenters. The van der Waals surface area contributed by atoms with Crippen LogP contribution in [0.1, 0.15) is 39.0 Å². The number of benzene rings is 1. The molecule has 1 aromatic carbocycles. The summed E-state index contributed by atoms with van der Waals surface area (Å²) in [5.74, 6) is -0.308. The van der Waals surface area contributed by atoms with Crippen molar-refractivity contribution in [3.05, 3.63) is 36.5 Å². The molecule has 2 aromatic rings. The molecule has 1 fully saturated rings. The minimum absolute atomic E-state index is 0.178. The van der Waals surface area contributed by atoms with Gasteiger partial charge in [-0.3, -0.25) is 10.1 Å². The number of nitrogens with zero attached hydrogens (tertiary/aromatic N) is 2. The van der Waals surface area contributed by atoms with Gasteiger partial charge in [0.25, 0.3) is 0 Å². The highest BCUT2D eigenvalue weighted by Gasteiger charge is 2.22. The summed E-state index contributed by atoms with van der Waals surface area (Å²) in [6.07, 6.45) is 7.27. The van der Waals surface area contributed by atoms with Gasteiger partial charge < -0.3 is 9.88 Å². The monoisotopic (exact) mass is 386 g/mol. The number of imide groups is 1. The number of urea groups is 1. The lowest BCUT2D eigenvalue weighted by Crippen LogP contribution is -2.47. The van der Waals surface area contributed by atoms with Crippen LogP contribution in [0.25, 0.3) is 11.3 Å². The first-order valence-electron chi connectivity index (χ1n) is 9.39. The Bertz CT molecular complexity index is 785. The summed E-state index contributed by atoms with van der Waals surface area (Å²) in [5, 5.41) is 5.68. The first-order valence-corrected chi connectivity index (χ1v) is 10.3. The van der Waals surface area contributed by atoms with Gasteiger partial charge in [0.15, 0.2) is 5.16 Å². The smallest absolute Gasteiger partial charge is 0.321 e. The lowest BCUT2D eigenvalue weighted by atomic mass is 9.96. The molecular weight excluding hydrogens is 360 g/mol. The molecule has 2 N–H and O–H groups in total. The average molecular weight is 387 g/mol. The summed E-state index contributed by atoms with van der Waals surface area (Å²) in [6.45, 7) is 1.78. The molecule has 144 valence electrons. The number of hydrogen-bond donors (Lipinski definition) is 2. The second-order valence-corrected chi connectivity index (χ2v) is 8.22. The maximum Gasteiger partial charge on any atom is 0.321 e. The van der Waals surface area contributed by atoms with Gasteiger partial charge in [0.05, 0.1) is 17.1 Å². The maximum atomic E-state index is 12.4. The van der Waals surface area contributed by atoms with E-state index in [9.17, 15) is 9.59 Å². The van der Waals surface area contributed by atoms with E-state index in [2.05, 4.69) is 15.6 Å². The van der Waals surface area contributed by atoms with Crippen molar-refractivity contribution in [2.45, 2.75) is 55.5 Å². The van der Waals surface area contributed by atoms with Gasteiger partial charge in [0, 0.05) is 13.1 Å². The molecule has 0 spiro atoms. The van der Waals surface area contributed by atoms with E-state index in [0.717, 1.165) is 42.1 Å². The van der Waals surface area contributed by atoms with Gasteiger partial charge in [-0.15, -0.1) is 0 Å². The van der Waals surface area contributed by atoms with Crippen LogP contribution in [-0.4, -0.2) is 32.8 Å². The Hall–Kier alpha value is -2.28. The summed E-state index contributed by atoms with van der Waals surface area (Å²) in [5.41, 5.74) is 2.06. The number of aromatic nitrogens is 2. The van der Waals surface area contributed by atoms with E-state index >= 15 is 0 Å². The van der Waals surface area contributed by atoms with Crippen molar-refractivity contribution in [3.63, 3.8) is 0 Å². The predicted molar refractivity (Wildman–Crippen MR) is 108 cm³/mol. The van der Waals surface area contributed by atoms with Crippen molar-refractivity contribution in [2.24, 2.45) is 7.05 Å². The highest BCUT2D eigenvalue weighted by Crippen LogP contribution is 2.27. The zero-order valence-corrected chi connectivity index (χ0v) is 16.6. The van der Waals surface area contributed by atoms with E-state index in [0.29, 0.717) is 0 Å². The number of nitrogens with one attached hydrogen (secondary N) is 2. The number of carbonyl (C=O) groups is 2. The molecular formula is C20H26N4O2S. The van der Waals surface area contributed by atoms with Crippen molar-refractivity contribution in [2.75, 3.05) is 0 Å². The van der Waals surface area contributed by atoms with Crippen LogP contribution >= 0.6 is 11.8 Å². The number of imidazole rings is 1. The third kappa shape index (κ3) is 5.13. The van der Waals surface area contributed by atoms with Gasteiger partial charge in [0.1, 0.15) is 0 Å². The molecule has 0 unspecified atom stereocenters. The predicted octanol–water partition coefficient (Wildman–Crippen LogP) is 3.73. The van der Waals surface area contributed by atoms with E-state index in [1.165, 1.54) is 18.2 Å². The zero-order valence-electron chi connectivity index (χ0n) is 15.8. The Morgan fingerprint density at radius 2 is 1.89 bits per heavy atom. The summed E-state index contributed by atoms with van der Waals surface area (Å²) in [6, 6.07) is 9.77. The summed E-state index contributed by atoms with van der Waals surface area (Å²) >= 11 is 1.34. The van der Waals surface area contributed by atoms with E-state index in [1.54, 1.807) is 13.1 Å². The van der Waals surface area contributed by atoms with Gasteiger partial charge in [0.2, 0.25) is 5.91 Å². The number of hydrogen-bond acceptors (Lipinski definition) is 4. The molecule has 1 heterocycles. The average Bonchev–Trinajstić information content (AvgIpc) is 3.03. The first-order chi connectivity index (χ1) is 13.0. The van der Waals surface area contributed by atoms with E-state index in [1.807, 2.05) is 41.9 Å². The van der Waals surface area contributed by atoms with E-state index < -0.39 is 11.3 Å². The normalized spacial score (nSPS) is 15.9. The zero-order chi connectivity index (χ0) is 19.2. The standard InChI is InChI=1S/C20H26N4O2S/c1-14(18(25)23-19(26)22-16-11-7-4-8-12-16)27-20-21-13-17(24(20)2)15-9-5-3-6-10-15/h3,5-6,9-10,13-14,16H,4,7-8,11-12H2,1-2H3,(H2,22,23,25,26)/t14-/m0/s1. The molecule has 3 rings (SSSR count). The van der Waals surface area contributed by atoms with Crippen molar-refractivity contribution >= 4 is 23.7 Å². The van der Waals surface area contributed by atoms with E-state index in [-0.39, 0.29) is 11.9 Å². The minimum atomic E-state index is -0.424. The molecule has 27 heavy (non-hydrogen) atoms. The van der Waals surface area contributed by atoms with Crippen LogP contribution in [0, 0.1) is 0 Å². The molecule has 1 aliphatic rings. The second kappa shape index (κ2) is 9.08. The van der Waals surface area contributed by atoms with Crippen LogP contribution in [0.15, 0.2) is 41.7 Å². The quantitative estimate of drug-likeness (QED) is 0.768. The number of amides is 3. The molecule has 6 nitrogen and oxygen atoms in total. The highest BCUT2D eigenvalue weighted by atomic mass is 32.2. The molecule has 0 aliphatic heterocycles. The fourth-order valence-electron chi connectivity index (χ4n) is 3.27. The van der Waals surface area contributed by atoms with Crippen molar-refractivity contribution < 1.29 is 9.59 Å². The third-order valence-electron chi connectivity index (χ3n) is 4.84. The second-order valence-electron chi connectivity index (χ2n) is 6.91. The van der Waals surface area contributed by atoms with Gasteiger partial charge in [-0.2, -0.15) is 0 Å². The van der Waals surface area contributed by atoms with Gasteiger partial charge in [-0.1, -0.05) is 61.4 Å². The van der Waals surface area contributed by atoms with Crippen LogP contribution in [0.5, 0.6) is 0 Å². The molecule has 1 saturated carbocycles. The molecule has 0 bridgehead atoms. The number of rotatable bonds is 5. The van der Waals surface area contributed by atoms with Crippen molar-refractivity contribution in [3.8, 4) is 11.3 Å². The van der Waals surface area contributed by atoms with Crippen LogP contribution in [-0.2, 0) is 11.8 Å². The van der Waals surface area contributed by atoms with Gasteiger partial charge in [-0.25, -0.2) is 9.78 Å². The summed E-state index contributed by atoms with van der Waals surface area (Å²) in [7, 11) is 1.93. The van der Waals surface area contributed by atoms with Gasteiger partial charge >= 0.3 is 6.03 Å². The molecule has 0 radical (unpaired) electrons. The maximum absolute atomic E-state index is 12.4. The Kier molecular flexibility index (Phi) is 6.55. The molecule has 3 amide bonds. The fourth-order valence-corrected chi connectivity index (χ4v) is 4.12. The minimum Gasteiger partial charge on any atom is -0.335 e. The largest absolute Gasteiger partial charge is 0.335 e. The van der Waals surface area contributed by atoms with Crippen LogP contribution in [0.3, 0.4) is 0 Å².